The molecule has 0 fully saturated rings. The quantitative estimate of drug-likeness (QED) is 0.695. The zero-order valence-electron chi connectivity index (χ0n) is 14.7. The number of hydrogen-bond acceptors (Lipinski definition) is 4. The number of amides is 1. The number of benzene rings is 1. The summed E-state index contributed by atoms with van der Waals surface area (Å²) in [7, 11) is 1.63. The molecule has 0 saturated heterocycles. The lowest BCUT2D eigenvalue weighted by Crippen LogP contribution is -2.20. The summed E-state index contributed by atoms with van der Waals surface area (Å²) in [4.78, 5) is 20.5. The zero-order valence-corrected chi connectivity index (χ0v) is 14.7. The van der Waals surface area contributed by atoms with Crippen LogP contribution in [0.4, 0.5) is 0 Å². The molecule has 0 radical (unpaired) electrons. The second-order valence-corrected chi connectivity index (χ2v) is 5.77. The SMILES string of the molecule is COc1ccc(C(C)=CC(=O)NCc2ccc(-n3ccnc3)nc2)cc1. The van der Waals surface area contributed by atoms with Gasteiger partial charge in [0, 0.05) is 31.2 Å². The van der Waals surface area contributed by atoms with Gasteiger partial charge in [-0.1, -0.05) is 18.2 Å². The Bertz CT molecular complexity index is 883. The summed E-state index contributed by atoms with van der Waals surface area (Å²) in [5.41, 5.74) is 2.80. The van der Waals surface area contributed by atoms with Crippen molar-refractivity contribution in [2.45, 2.75) is 13.5 Å². The molecule has 0 aliphatic carbocycles. The highest BCUT2D eigenvalue weighted by Crippen LogP contribution is 2.18. The number of nitrogens with zero attached hydrogens (tertiary/aromatic N) is 3. The van der Waals surface area contributed by atoms with Crippen molar-refractivity contribution in [3.8, 4) is 11.6 Å². The molecule has 6 nitrogen and oxygen atoms in total. The topological polar surface area (TPSA) is 69.0 Å². The van der Waals surface area contributed by atoms with E-state index in [1.807, 2.05) is 54.1 Å². The van der Waals surface area contributed by atoms with Crippen molar-refractivity contribution in [1.29, 1.82) is 0 Å². The van der Waals surface area contributed by atoms with Gasteiger partial charge in [-0.15, -0.1) is 0 Å². The number of rotatable bonds is 6. The minimum atomic E-state index is -0.142. The predicted molar refractivity (Wildman–Crippen MR) is 99.9 cm³/mol. The maximum Gasteiger partial charge on any atom is 0.244 e. The van der Waals surface area contributed by atoms with Crippen LogP contribution in [-0.4, -0.2) is 27.6 Å². The molecule has 0 atom stereocenters. The van der Waals surface area contributed by atoms with Crippen molar-refractivity contribution < 1.29 is 9.53 Å². The van der Waals surface area contributed by atoms with E-state index in [0.717, 1.165) is 28.3 Å². The van der Waals surface area contributed by atoms with E-state index in [1.165, 1.54) is 0 Å². The molecular weight excluding hydrogens is 328 g/mol. The minimum absolute atomic E-state index is 0.142. The second-order valence-electron chi connectivity index (χ2n) is 5.77. The van der Waals surface area contributed by atoms with Crippen molar-refractivity contribution in [1.82, 2.24) is 19.9 Å². The van der Waals surface area contributed by atoms with Crippen molar-refractivity contribution in [2.75, 3.05) is 7.11 Å². The molecule has 26 heavy (non-hydrogen) atoms. The van der Waals surface area contributed by atoms with E-state index in [9.17, 15) is 4.79 Å². The molecule has 0 unspecified atom stereocenters. The number of carbonyl (C=O) groups is 1. The Morgan fingerprint density at radius 3 is 2.65 bits per heavy atom. The van der Waals surface area contributed by atoms with Gasteiger partial charge >= 0.3 is 0 Å². The van der Waals surface area contributed by atoms with Crippen molar-refractivity contribution in [3.05, 3.63) is 78.5 Å². The van der Waals surface area contributed by atoms with Crippen LogP contribution in [0, 0.1) is 0 Å². The maximum absolute atomic E-state index is 12.1. The molecule has 3 rings (SSSR count). The van der Waals surface area contributed by atoms with Crippen LogP contribution in [0.3, 0.4) is 0 Å². The minimum Gasteiger partial charge on any atom is -0.497 e. The number of carbonyl (C=O) groups excluding carboxylic acids is 1. The van der Waals surface area contributed by atoms with E-state index in [4.69, 9.17) is 4.74 Å². The summed E-state index contributed by atoms with van der Waals surface area (Å²) in [6.07, 6.45) is 8.56. The van der Waals surface area contributed by atoms with E-state index in [2.05, 4.69) is 15.3 Å². The first-order chi connectivity index (χ1) is 12.7. The number of ether oxygens (including phenoxy) is 1. The number of imidazole rings is 1. The Labute approximate surface area is 152 Å². The van der Waals surface area contributed by atoms with Gasteiger partial charge in [-0.2, -0.15) is 0 Å². The fourth-order valence-corrected chi connectivity index (χ4v) is 2.44. The van der Waals surface area contributed by atoms with Crippen LogP contribution in [0.25, 0.3) is 11.4 Å². The normalized spacial score (nSPS) is 11.2. The van der Waals surface area contributed by atoms with Crippen LogP contribution in [0.1, 0.15) is 18.1 Å². The molecule has 3 aromatic rings. The molecule has 0 spiro atoms. The lowest BCUT2D eigenvalue weighted by Gasteiger charge is -2.06. The molecule has 2 heterocycles. The highest BCUT2D eigenvalue weighted by atomic mass is 16.5. The first-order valence-corrected chi connectivity index (χ1v) is 8.19. The van der Waals surface area contributed by atoms with Crippen molar-refractivity contribution in [3.63, 3.8) is 0 Å². The van der Waals surface area contributed by atoms with Gasteiger partial charge in [0.25, 0.3) is 0 Å². The third-order valence-corrected chi connectivity index (χ3v) is 3.94. The van der Waals surface area contributed by atoms with Crippen LogP contribution < -0.4 is 10.1 Å². The monoisotopic (exact) mass is 348 g/mol. The molecule has 2 aromatic heterocycles. The van der Waals surface area contributed by atoms with Gasteiger partial charge < -0.3 is 10.1 Å². The third kappa shape index (κ3) is 4.36. The number of methoxy groups -OCH3 is 1. The number of hydrogen-bond donors (Lipinski definition) is 1. The van der Waals surface area contributed by atoms with E-state index in [-0.39, 0.29) is 5.91 Å². The predicted octanol–water partition coefficient (Wildman–Crippen LogP) is 3.00. The average Bonchev–Trinajstić information content (AvgIpc) is 3.21. The van der Waals surface area contributed by atoms with Crippen LogP contribution >= 0.6 is 0 Å². The first-order valence-electron chi connectivity index (χ1n) is 8.19. The fraction of sp³-hybridized carbons (Fsp3) is 0.150. The summed E-state index contributed by atoms with van der Waals surface area (Å²) >= 11 is 0. The van der Waals surface area contributed by atoms with Gasteiger partial charge in [-0.25, -0.2) is 9.97 Å². The highest BCUT2D eigenvalue weighted by Gasteiger charge is 2.03. The number of nitrogens with one attached hydrogen (secondary N) is 1. The van der Waals surface area contributed by atoms with E-state index in [0.29, 0.717) is 6.54 Å². The van der Waals surface area contributed by atoms with Crippen LogP contribution in [0.15, 0.2) is 67.4 Å². The van der Waals surface area contributed by atoms with E-state index < -0.39 is 0 Å². The largest absolute Gasteiger partial charge is 0.497 e. The molecule has 0 aliphatic rings. The molecule has 132 valence electrons. The Balaban J connectivity index is 1.57. The molecule has 1 amide bonds. The van der Waals surface area contributed by atoms with Gasteiger partial charge in [-0.3, -0.25) is 9.36 Å². The number of aromatic nitrogens is 3. The fourth-order valence-electron chi connectivity index (χ4n) is 2.44. The Kier molecular flexibility index (Phi) is 5.43. The van der Waals surface area contributed by atoms with Crippen molar-refractivity contribution in [2.24, 2.45) is 0 Å². The van der Waals surface area contributed by atoms with Crippen molar-refractivity contribution >= 4 is 11.5 Å². The lowest BCUT2D eigenvalue weighted by molar-refractivity contribution is -0.116. The Morgan fingerprint density at radius 2 is 2.04 bits per heavy atom. The molecule has 0 bridgehead atoms. The zero-order chi connectivity index (χ0) is 18.4. The lowest BCUT2D eigenvalue weighted by atomic mass is 10.1. The first kappa shape index (κ1) is 17.4. The van der Waals surface area contributed by atoms with Crippen LogP contribution in [0.5, 0.6) is 5.75 Å². The summed E-state index contributed by atoms with van der Waals surface area (Å²) in [5, 5.41) is 2.88. The van der Waals surface area contributed by atoms with Gasteiger partial charge in [0.15, 0.2) is 0 Å². The van der Waals surface area contributed by atoms with Gasteiger partial charge in [0.1, 0.15) is 17.9 Å². The average molecular weight is 348 g/mol. The Morgan fingerprint density at radius 1 is 1.23 bits per heavy atom. The third-order valence-electron chi connectivity index (χ3n) is 3.94. The summed E-state index contributed by atoms with van der Waals surface area (Å²) in [6.45, 7) is 2.32. The Hall–Kier alpha value is -3.41. The maximum atomic E-state index is 12.1. The molecule has 6 heteroatoms. The summed E-state index contributed by atoms with van der Waals surface area (Å²) < 4.78 is 6.96. The van der Waals surface area contributed by atoms with E-state index in [1.54, 1.807) is 31.9 Å². The number of allylic oxidation sites excluding steroid dienone is 1. The van der Waals surface area contributed by atoms with E-state index >= 15 is 0 Å². The smallest absolute Gasteiger partial charge is 0.244 e. The molecular formula is C20H20N4O2. The molecule has 1 N–H and O–H groups in total. The van der Waals surface area contributed by atoms with Gasteiger partial charge in [0.05, 0.1) is 7.11 Å². The van der Waals surface area contributed by atoms with Gasteiger partial charge in [-0.05, 0) is 41.8 Å². The molecule has 0 aliphatic heterocycles. The molecule has 1 aromatic carbocycles. The van der Waals surface area contributed by atoms with Gasteiger partial charge in [0.2, 0.25) is 5.91 Å². The summed E-state index contributed by atoms with van der Waals surface area (Å²) in [5.74, 6) is 1.43. The second kappa shape index (κ2) is 8.11. The van der Waals surface area contributed by atoms with Crippen LogP contribution in [0.2, 0.25) is 0 Å². The summed E-state index contributed by atoms with van der Waals surface area (Å²) in [6, 6.07) is 11.4. The highest BCUT2D eigenvalue weighted by molar-refractivity contribution is 5.94. The molecule has 0 saturated carbocycles. The number of pyridine rings is 1. The van der Waals surface area contributed by atoms with Crippen LogP contribution in [-0.2, 0) is 11.3 Å². The standard InChI is InChI=1S/C20H20N4O2/c1-15(17-4-6-18(26-2)7-5-17)11-20(25)23-13-16-3-8-19(22-12-16)24-10-9-21-14-24/h3-12,14H,13H2,1-2H3,(H,23,25).